The summed E-state index contributed by atoms with van der Waals surface area (Å²) < 4.78 is 40.4. The number of phenolic OH excluding ortho intramolecular Hbond substituents is 1. The van der Waals surface area contributed by atoms with Crippen molar-refractivity contribution in [1.82, 2.24) is 0 Å². The fourth-order valence-corrected chi connectivity index (χ4v) is 3.25. The molecule has 1 heterocycles. The van der Waals surface area contributed by atoms with E-state index in [0.29, 0.717) is 32.1 Å². The topological polar surface area (TPSA) is 130 Å². The van der Waals surface area contributed by atoms with Gasteiger partial charge in [-0.15, -0.1) is 0 Å². The van der Waals surface area contributed by atoms with Gasteiger partial charge in [0, 0.05) is 6.07 Å². The monoisotopic (exact) mass is 400 g/mol. The number of ether oxygens (including phenoxy) is 1. The minimum atomic E-state index is -4.78. The Bertz CT molecular complexity index is 800. The number of aliphatic hydroxyl groups excluding tert-OH is 1. The van der Waals surface area contributed by atoms with Gasteiger partial charge in [-0.3, -0.25) is 4.55 Å². The number of allylic oxidation sites excluding steroid dienone is 1. The lowest BCUT2D eigenvalue weighted by Gasteiger charge is -2.17. The fraction of sp³-hybridized carbons (Fsp3) is 0.500. The lowest BCUT2D eigenvalue weighted by molar-refractivity contribution is 0.0307. The van der Waals surface area contributed by atoms with Gasteiger partial charge < -0.3 is 19.1 Å². The fourth-order valence-electron chi connectivity index (χ4n) is 2.91. The number of aromatic hydroxyl groups is 1. The average molecular weight is 400 g/mol. The van der Waals surface area contributed by atoms with Gasteiger partial charge in [0.1, 0.15) is 17.1 Å². The van der Waals surface area contributed by atoms with E-state index in [4.69, 9.17) is 9.29 Å². The summed E-state index contributed by atoms with van der Waals surface area (Å²) in [7, 11) is -4.78. The van der Waals surface area contributed by atoms with Crippen molar-refractivity contribution in [2.45, 2.75) is 57.7 Å². The number of hydrogen-bond acceptors (Lipinski definition) is 7. The van der Waals surface area contributed by atoms with Crippen LogP contribution in [-0.2, 0) is 15.1 Å². The van der Waals surface area contributed by atoms with Crippen molar-refractivity contribution in [3.63, 3.8) is 0 Å². The maximum Gasteiger partial charge on any atom is 0.446 e. The van der Waals surface area contributed by atoms with E-state index in [1.807, 2.05) is 0 Å². The number of carbonyl (C=O) groups excluding carboxylic acids is 1. The predicted molar refractivity (Wildman–Crippen MR) is 97.9 cm³/mol. The van der Waals surface area contributed by atoms with Gasteiger partial charge in [-0.25, -0.2) is 4.79 Å². The zero-order chi connectivity index (χ0) is 20.0. The van der Waals surface area contributed by atoms with E-state index >= 15 is 0 Å². The largest absolute Gasteiger partial charge is 0.507 e. The van der Waals surface area contributed by atoms with E-state index < -0.39 is 34.3 Å². The second-order valence-corrected chi connectivity index (χ2v) is 7.57. The molecule has 0 aliphatic carbocycles. The van der Waals surface area contributed by atoms with Crippen LogP contribution in [0.5, 0.6) is 11.5 Å². The van der Waals surface area contributed by atoms with Crippen LogP contribution in [0.25, 0.3) is 6.08 Å². The van der Waals surface area contributed by atoms with Crippen LogP contribution in [0.2, 0.25) is 0 Å². The quantitative estimate of drug-likeness (QED) is 0.510. The van der Waals surface area contributed by atoms with E-state index in [0.717, 1.165) is 12.5 Å². The molecule has 0 saturated carbocycles. The number of esters is 1. The van der Waals surface area contributed by atoms with Crippen LogP contribution in [0.1, 0.15) is 61.4 Å². The smallest absolute Gasteiger partial charge is 0.446 e. The molecule has 1 aromatic carbocycles. The lowest BCUT2D eigenvalue weighted by Crippen LogP contribution is -2.17. The molecule has 0 saturated heterocycles. The number of aliphatic hydroxyl groups is 1. The van der Waals surface area contributed by atoms with Gasteiger partial charge in [-0.05, 0) is 57.1 Å². The summed E-state index contributed by atoms with van der Waals surface area (Å²) in [5.41, 5.74) is 0.0846. The molecule has 1 aliphatic heterocycles. The number of hydrogen-bond donors (Lipinski definition) is 3. The number of benzene rings is 1. The third kappa shape index (κ3) is 6.85. The third-order valence-corrected chi connectivity index (χ3v) is 4.59. The summed E-state index contributed by atoms with van der Waals surface area (Å²) in [5, 5.41) is 20.1. The van der Waals surface area contributed by atoms with E-state index in [9.17, 15) is 23.4 Å². The van der Waals surface area contributed by atoms with Crippen molar-refractivity contribution in [2.75, 3.05) is 0 Å². The SMILES string of the molecule is CC1CCCC(O)CCCC=Cc2cc(OS(=O)(=O)O)cc(O)c2C(=O)O1. The summed E-state index contributed by atoms with van der Waals surface area (Å²) in [6, 6.07) is 2.14. The molecular weight excluding hydrogens is 376 g/mol. The Morgan fingerprint density at radius 2 is 1.89 bits per heavy atom. The molecule has 2 rings (SSSR count). The normalized spacial score (nSPS) is 22.4. The first-order chi connectivity index (χ1) is 12.7. The third-order valence-electron chi connectivity index (χ3n) is 4.19. The summed E-state index contributed by atoms with van der Waals surface area (Å²) in [4.78, 5) is 12.5. The Hall–Kier alpha value is -2.10. The number of phenols is 1. The molecule has 9 heteroatoms. The molecule has 2 atom stereocenters. The molecule has 2 unspecified atom stereocenters. The van der Waals surface area contributed by atoms with Gasteiger partial charge in [0.2, 0.25) is 0 Å². The molecule has 0 bridgehead atoms. The highest BCUT2D eigenvalue weighted by molar-refractivity contribution is 7.81. The molecule has 1 aromatic rings. The minimum Gasteiger partial charge on any atom is -0.507 e. The molecule has 0 amide bonds. The van der Waals surface area contributed by atoms with Crippen molar-refractivity contribution in [2.24, 2.45) is 0 Å². The first-order valence-corrected chi connectivity index (χ1v) is 10.1. The summed E-state index contributed by atoms with van der Waals surface area (Å²) in [5.74, 6) is -1.61. The van der Waals surface area contributed by atoms with Gasteiger partial charge in [-0.2, -0.15) is 8.42 Å². The number of fused-ring (bicyclic) bond motifs is 1. The molecular formula is C18H24O8S. The second kappa shape index (κ2) is 9.20. The maximum atomic E-state index is 12.5. The van der Waals surface area contributed by atoms with Crippen LogP contribution in [0, 0.1) is 0 Å². The van der Waals surface area contributed by atoms with Crippen LogP contribution >= 0.6 is 0 Å². The van der Waals surface area contributed by atoms with Gasteiger partial charge >= 0.3 is 16.4 Å². The maximum absolute atomic E-state index is 12.5. The van der Waals surface area contributed by atoms with Gasteiger partial charge in [0.05, 0.1) is 12.2 Å². The zero-order valence-corrected chi connectivity index (χ0v) is 15.8. The Balaban J connectivity index is 2.39. The first kappa shape index (κ1) is 21.2. The molecule has 0 radical (unpaired) electrons. The van der Waals surface area contributed by atoms with Crippen molar-refractivity contribution < 1.29 is 36.9 Å². The number of rotatable bonds is 2. The van der Waals surface area contributed by atoms with E-state index in [-0.39, 0.29) is 16.9 Å². The Labute approximate surface area is 158 Å². The van der Waals surface area contributed by atoms with E-state index in [2.05, 4.69) is 4.18 Å². The van der Waals surface area contributed by atoms with Crippen LogP contribution in [0.15, 0.2) is 18.2 Å². The van der Waals surface area contributed by atoms with Crippen LogP contribution < -0.4 is 4.18 Å². The summed E-state index contributed by atoms with van der Waals surface area (Å²) in [6.07, 6.45) is 6.34. The van der Waals surface area contributed by atoms with Gasteiger partial charge in [-0.1, -0.05) is 12.2 Å². The predicted octanol–water partition coefficient (Wildman–Crippen LogP) is 2.85. The summed E-state index contributed by atoms with van der Waals surface area (Å²) >= 11 is 0. The van der Waals surface area contributed by atoms with Gasteiger partial charge in [0.25, 0.3) is 0 Å². The highest BCUT2D eigenvalue weighted by Gasteiger charge is 2.22. The molecule has 27 heavy (non-hydrogen) atoms. The number of carbonyl (C=O) groups is 1. The van der Waals surface area contributed by atoms with E-state index in [1.165, 1.54) is 12.1 Å². The second-order valence-electron chi connectivity index (χ2n) is 6.55. The molecule has 0 fully saturated rings. The van der Waals surface area contributed by atoms with Crippen LogP contribution in [0.3, 0.4) is 0 Å². The van der Waals surface area contributed by atoms with Crippen LogP contribution in [-0.4, -0.2) is 41.4 Å². The Morgan fingerprint density at radius 3 is 2.59 bits per heavy atom. The molecule has 8 nitrogen and oxygen atoms in total. The lowest BCUT2D eigenvalue weighted by atomic mass is 10.0. The van der Waals surface area contributed by atoms with Crippen LogP contribution in [0.4, 0.5) is 0 Å². The van der Waals surface area contributed by atoms with Crippen molar-refractivity contribution in [3.05, 3.63) is 29.3 Å². The summed E-state index contributed by atoms with van der Waals surface area (Å²) in [6.45, 7) is 1.72. The zero-order valence-electron chi connectivity index (χ0n) is 15.0. The van der Waals surface area contributed by atoms with Gasteiger partial charge in [0.15, 0.2) is 0 Å². The molecule has 0 spiro atoms. The first-order valence-electron chi connectivity index (χ1n) is 8.75. The molecule has 0 aromatic heterocycles. The highest BCUT2D eigenvalue weighted by Crippen LogP contribution is 2.31. The van der Waals surface area contributed by atoms with Crippen molar-refractivity contribution >= 4 is 22.4 Å². The van der Waals surface area contributed by atoms with Crippen molar-refractivity contribution in [1.29, 1.82) is 0 Å². The highest BCUT2D eigenvalue weighted by atomic mass is 32.3. The van der Waals surface area contributed by atoms with E-state index in [1.54, 1.807) is 13.0 Å². The Morgan fingerprint density at radius 1 is 1.19 bits per heavy atom. The standard InChI is InChI=1S/C18H24O8S/c1-12-6-5-9-14(19)8-4-2-3-7-13-10-15(26-27(22,23)24)11-16(20)17(13)18(21)25-12/h3,7,10-12,14,19-20H,2,4-6,8-9H2,1H3,(H,22,23,24). The minimum absolute atomic E-state index is 0.113. The molecule has 150 valence electrons. The molecule has 3 N–H and O–H groups in total. The Kier molecular flexibility index (Phi) is 7.23. The number of cyclic esters (lactones) is 1. The average Bonchev–Trinajstić information content (AvgIpc) is 2.51. The molecule has 1 aliphatic rings. The van der Waals surface area contributed by atoms with Crippen molar-refractivity contribution in [3.8, 4) is 11.5 Å².